The Morgan fingerprint density at radius 2 is 1.95 bits per heavy atom. The maximum atomic E-state index is 11.6. The van der Waals surface area contributed by atoms with Crippen LogP contribution in [-0.4, -0.2) is 41.3 Å². The van der Waals surface area contributed by atoms with Crippen molar-refractivity contribution in [1.82, 2.24) is 4.72 Å². The van der Waals surface area contributed by atoms with E-state index in [1.807, 2.05) is 24.3 Å². The molecule has 0 aromatic heterocycles. The highest BCUT2D eigenvalue weighted by Crippen LogP contribution is 2.32. The number of sulfonamides is 1. The zero-order chi connectivity index (χ0) is 14.8. The van der Waals surface area contributed by atoms with Crippen LogP contribution in [0.2, 0.25) is 0 Å². The molecule has 0 aliphatic carbocycles. The van der Waals surface area contributed by atoms with Crippen molar-refractivity contribution >= 4 is 25.5 Å². The Labute approximate surface area is 119 Å². The highest BCUT2D eigenvalue weighted by Gasteiger charge is 2.22. The summed E-state index contributed by atoms with van der Waals surface area (Å²) in [6.45, 7) is 1.01. The second-order valence-corrected chi connectivity index (χ2v) is 9.32. The molecule has 20 heavy (non-hydrogen) atoms. The molecule has 1 aromatic rings. The fraction of sp³-hybridized carbons (Fsp3) is 0.500. The number of benzene rings is 1. The van der Waals surface area contributed by atoms with Crippen molar-refractivity contribution in [3.8, 4) is 0 Å². The van der Waals surface area contributed by atoms with Crippen LogP contribution < -0.4 is 10.0 Å². The van der Waals surface area contributed by atoms with Crippen LogP contribution in [0.1, 0.15) is 17.9 Å². The lowest BCUT2D eigenvalue weighted by molar-refractivity contribution is 0.573. The lowest BCUT2D eigenvalue weighted by atomic mass is 9.98. The van der Waals surface area contributed by atoms with Gasteiger partial charge in [0.1, 0.15) is 0 Å². The van der Waals surface area contributed by atoms with Gasteiger partial charge in [0.15, 0.2) is 14.9 Å². The van der Waals surface area contributed by atoms with Gasteiger partial charge in [-0.25, -0.2) is 21.6 Å². The summed E-state index contributed by atoms with van der Waals surface area (Å²) in [6, 6.07) is 7.91. The van der Waals surface area contributed by atoms with Gasteiger partial charge in [-0.15, -0.1) is 0 Å². The van der Waals surface area contributed by atoms with Crippen LogP contribution >= 0.6 is 0 Å². The number of sulfone groups is 1. The maximum absolute atomic E-state index is 11.6. The molecule has 1 heterocycles. The molecule has 6 nitrogen and oxygen atoms in total. The molecule has 0 saturated carbocycles. The number of hydrogen-bond donors (Lipinski definition) is 2. The monoisotopic (exact) mass is 318 g/mol. The molecule has 1 unspecified atom stereocenters. The molecule has 0 saturated heterocycles. The SMILES string of the molecule is CS(=O)(=O)CS(=O)(=O)NCCC1CNc2ccccc21. The third-order valence-electron chi connectivity index (χ3n) is 3.12. The largest absolute Gasteiger partial charge is 0.384 e. The zero-order valence-corrected chi connectivity index (χ0v) is 12.8. The third kappa shape index (κ3) is 4.19. The summed E-state index contributed by atoms with van der Waals surface area (Å²) in [5.41, 5.74) is 2.26. The molecule has 2 N–H and O–H groups in total. The van der Waals surface area contributed by atoms with Crippen molar-refractivity contribution < 1.29 is 16.8 Å². The van der Waals surface area contributed by atoms with Crippen molar-refractivity contribution in [2.75, 3.05) is 29.7 Å². The van der Waals surface area contributed by atoms with Gasteiger partial charge in [-0.1, -0.05) is 18.2 Å². The van der Waals surface area contributed by atoms with Gasteiger partial charge < -0.3 is 5.32 Å². The Balaban J connectivity index is 1.89. The van der Waals surface area contributed by atoms with Crippen molar-refractivity contribution in [2.24, 2.45) is 0 Å². The van der Waals surface area contributed by atoms with Crippen molar-refractivity contribution in [3.05, 3.63) is 29.8 Å². The second-order valence-electron chi connectivity index (χ2n) is 5.01. The lowest BCUT2D eigenvalue weighted by Crippen LogP contribution is -2.31. The standard InChI is InChI=1S/C12H18N2O4S2/c1-19(15,16)9-20(17,18)14-7-6-10-8-13-12-5-3-2-4-11(10)12/h2-5,10,13-14H,6-9H2,1H3. The summed E-state index contributed by atoms with van der Waals surface area (Å²) in [6.07, 6.45) is 1.54. The highest BCUT2D eigenvalue weighted by atomic mass is 32.3. The number of fused-ring (bicyclic) bond motifs is 1. The van der Waals surface area contributed by atoms with Crippen molar-refractivity contribution in [1.29, 1.82) is 0 Å². The quantitative estimate of drug-likeness (QED) is 0.797. The minimum absolute atomic E-state index is 0.235. The van der Waals surface area contributed by atoms with Gasteiger partial charge in [-0.05, 0) is 18.1 Å². The van der Waals surface area contributed by atoms with Crippen molar-refractivity contribution in [2.45, 2.75) is 12.3 Å². The number of nitrogens with one attached hydrogen (secondary N) is 2. The Morgan fingerprint density at radius 1 is 1.25 bits per heavy atom. The third-order valence-corrected chi connectivity index (χ3v) is 6.72. The number of anilines is 1. The van der Waals surface area contributed by atoms with E-state index in [1.54, 1.807) is 0 Å². The van der Waals surface area contributed by atoms with Crippen LogP contribution in [0.15, 0.2) is 24.3 Å². The van der Waals surface area contributed by atoms with Crippen LogP contribution in [-0.2, 0) is 19.9 Å². The van der Waals surface area contributed by atoms with Crippen molar-refractivity contribution in [3.63, 3.8) is 0 Å². The van der Waals surface area contributed by atoms with E-state index in [2.05, 4.69) is 10.0 Å². The van der Waals surface area contributed by atoms with Crippen LogP contribution in [0, 0.1) is 0 Å². The summed E-state index contributed by atoms with van der Waals surface area (Å²) >= 11 is 0. The first-order valence-electron chi connectivity index (χ1n) is 6.25. The van der Waals surface area contributed by atoms with Crippen LogP contribution in [0.5, 0.6) is 0 Å². The Hall–Kier alpha value is -1.12. The van der Waals surface area contributed by atoms with E-state index < -0.39 is 24.9 Å². The van der Waals surface area contributed by atoms with Gasteiger partial charge in [-0.3, -0.25) is 0 Å². The first-order chi connectivity index (χ1) is 9.27. The van der Waals surface area contributed by atoms with Gasteiger partial charge in [0, 0.05) is 31.0 Å². The molecule has 1 aliphatic heterocycles. The number of rotatable bonds is 6. The molecule has 0 amide bonds. The first-order valence-corrected chi connectivity index (χ1v) is 9.96. The highest BCUT2D eigenvalue weighted by molar-refractivity contribution is 8.06. The minimum atomic E-state index is -3.77. The fourth-order valence-electron chi connectivity index (χ4n) is 2.33. The Morgan fingerprint density at radius 3 is 2.65 bits per heavy atom. The summed E-state index contributed by atoms with van der Waals surface area (Å²) < 4.78 is 47.5. The molecule has 0 fully saturated rings. The maximum Gasteiger partial charge on any atom is 0.226 e. The molecular formula is C12H18N2O4S2. The van der Waals surface area contributed by atoms with Gasteiger partial charge in [-0.2, -0.15) is 0 Å². The second kappa shape index (κ2) is 5.71. The van der Waals surface area contributed by atoms with Gasteiger partial charge in [0.2, 0.25) is 10.0 Å². The molecule has 1 aromatic carbocycles. The van der Waals surface area contributed by atoms with E-state index >= 15 is 0 Å². The predicted octanol–water partition coefficient (Wildman–Crippen LogP) is 0.507. The molecule has 1 aliphatic rings. The number of para-hydroxylation sites is 1. The fourth-order valence-corrected chi connectivity index (χ4v) is 5.34. The molecule has 112 valence electrons. The van der Waals surface area contributed by atoms with Crippen LogP contribution in [0.25, 0.3) is 0 Å². The molecule has 0 radical (unpaired) electrons. The topological polar surface area (TPSA) is 92.3 Å². The smallest absolute Gasteiger partial charge is 0.226 e. The van der Waals surface area contributed by atoms with Gasteiger partial charge in [0.25, 0.3) is 0 Å². The lowest BCUT2D eigenvalue weighted by Gasteiger charge is -2.11. The summed E-state index contributed by atoms with van der Waals surface area (Å²) in [5, 5.41) is 2.40. The first kappa shape index (κ1) is 15.3. The van der Waals surface area contributed by atoms with E-state index in [1.165, 1.54) is 5.56 Å². The van der Waals surface area contributed by atoms with Gasteiger partial charge in [0.05, 0.1) is 0 Å². The van der Waals surface area contributed by atoms with Crippen LogP contribution in [0.4, 0.5) is 5.69 Å². The van der Waals surface area contributed by atoms with Gasteiger partial charge >= 0.3 is 0 Å². The summed E-state index contributed by atoms with van der Waals surface area (Å²) in [5.74, 6) is 0.243. The van der Waals surface area contributed by atoms with E-state index in [0.29, 0.717) is 6.42 Å². The van der Waals surface area contributed by atoms with Crippen LogP contribution in [0.3, 0.4) is 0 Å². The molecule has 2 rings (SSSR count). The minimum Gasteiger partial charge on any atom is -0.384 e. The van der Waals surface area contributed by atoms with E-state index in [9.17, 15) is 16.8 Å². The predicted molar refractivity (Wildman–Crippen MR) is 78.9 cm³/mol. The Bertz CT molecular complexity index is 683. The average Bonchev–Trinajstić information content (AvgIpc) is 2.69. The zero-order valence-electron chi connectivity index (χ0n) is 11.2. The molecule has 1 atom stereocenters. The molecule has 0 bridgehead atoms. The molecular weight excluding hydrogens is 300 g/mol. The van der Waals surface area contributed by atoms with E-state index in [0.717, 1.165) is 18.5 Å². The Kier molecular flexibility index (Phi) is 4.36. The average molecular weight is 318 g/mol. The van der Waals surface area contributed by atoms with E-state index in [-0.39, 0.29) is 12.5 Å². The van der Waals surface area contributed by atoms with E-state index in [4.69, 9.17) is 0 Å². The molecule has 8 heteroatoms. The molecule has 0 spiro atoms. The normalized spacial score (nSPS) is 18.6. The summed E-state index contributed by atoms with van der Waals surface area (Å²) in [7, 11) is -7.31. The number of hydrogen-bond acceptors (Lipinski definition) is 5. The summed E-state index contributed by atoms with van der Waals surface area (Å²) in [4.78, 5) is 0.